The highest BCUT2D eigenvalue weighted by molar-refractivity contribution is 5.86. The van der Waals surface area contributed by atoms with Crippen LogP contribution in [0.2, 0.25) is 0 Å². The molecule has 0 saturated carbocycles. The van der Waals surface area contributed by atoms with E-state index in [0.717, 1.165) is 25.9 Å². The molecule has 2 aliphatic heterocycles. The van der Waals surface area contributed by atoms with Gasteiger partial charge in [-0.2, -0.15) is 5.26 Å². The van der Waals surface area contributed by atoms with Gasteiger partial charge in [-0.3, -0.25) is 4.79 Å². The predicted molar refractivity (Wildman–Crippen MR) is 41.9 cm³/mol. The van der Waals surface area contributed by atoms with Gasteiger partial charge >= 0.3 is 0 Å². The van der Waals surface area contributed by atoms with Crippen molar-refractivity contribution in [2.75, 3.05) is 19.6 Å². The molecule has 1 unspecified atom stereocenters. The molecule has 1 atom stereocenters. The van der Waals surface area contributed by atoms with Gasteiger partial charge in [-0.05, 0) is 19.4 Å². The number of hydrogen-bond donors (Lipinski definition) is 1. The van der Waals surface area contributed by atoms with Crippen LogP contribution in [0.25, 0.3) is 0 Å². The molecule has 0 aromatic rings. The Morgan fingerprint density at radius 2 is 2.42 bits per heavy atom. The number of carbonyl (C=O) groups excluding carboxylic acids is 1. The lowest BCUT2D eigenvalue weighted by Gasteiger charge is -2.17. The van der Waals surface area contributed by atoms with Gasteiger partial charge in [-0.15, -0.1) is 0 Å². The number of likely N-dealkylation sites (tertiary alicyclic amines) is 1. The highest BCUT2D eigenvalue weighted by Crippen LogP contribution is 2.36. The minimum absolute atomic E-state index is 0.0231. The summed E-state index contributed by atoms with van der Waals surface area (Å²) in [7, 11) is 0. The van der Waals surface area contributed by atoms with Gasteiger partial charge in [0.2, 0.25) is 5.91 Å². The van der Waals surface area contributed by atoms with E-state index < -0.39 is 0 Å². The van der Waals surface area contributed by atoms with Crippen molar-refractivity contribution >= 4 is 5.91 Å². The number of hydrogen-bond acceptors (Lipinski definition) is 3. The minimum Gasteiger partial charge on any atom is -0.316 e. The zero-order valence-electron chi connectivity index (χ0n) is 6.84. The first-order valence-electron chi connectivity index (χ1n) is 4.21. The standard InChI is InChI=1S/C8H11N3O/c9-6-11-4-2-8(7(11)12)1-3-10-5-8/h10H,1-5H2. The topological polar surface area (TPSA) is 56.1 Å². The number of nitrogens with zero attached hydrogens (tertiary/aromatic N) is 2. The Labute approximate surface area is 71.1 Å². The normalized spacial score (nSPS) is 34.6. The largest absolute Gasteiger partial charge is 0.316 e. The minimum atomic E-state index is -0.226. The van der Waals surface area contributed by atoms with E-state index in [1.165, 1.54) is 4.90 Å². The molecule has 2 aliphatic rings. The van der Waals surface area contributed by atoms with Gasteiger partial charge in [0, 0.05) is 13.1 Å². The maximum Gasteiger partial charge on any atom is 0.243 e. The van der Waals surface area contributed by atoms with Crippen LogP contribution in [-0.2, 0) is 4.79 Å². The molecule has 2 heterocycles. The monoisotopic (exact) mass is 165 g/mol. The third-order valence-electron chi connectivity index (χ3n) is 2.88. The van der Waals surface area contributed by atoms with Gasteiger partial charge in [0.15, 0.2) is 6.19 Å². The molecule has 1 amide bonds. The number of nitriles is 1. The van der Waals surface area contributed by atoms with Crippen LogP contribution in [0.5, 0.6) is 0 Å². The number of rotatable bonds is 0. The second kappa shape index (κ2) is 2.46. The van der Waals surface area contributed by atoms with Gasteiger partial charge in [-0.1, -0.05) is 0 Å². The van der Waals surface area contributed by atoms with Crippen molar-refractivity contribution in [3.8, 4) is 6.19 Å². The second-order valence-corrected chi connectivity index (χ2v) is 3.51. The molecular formula is C8H11N3O. The summed E-state index contributed by atoms with van der Waals surface area (Å²) in [6.07, 6.45) is 3.65. The van der Waals surface area contributed by atoms with Crippen LogP contribution in [0, 0.1) is 16.9 Å². The van der Waals surface area contributed by atoms with E-state index in [9.17, 15) is 4.79 Å². The molecule has 2 saturated heterocycles. The fourth-order valence-electron chi connectivity index (χ4n) is 2.06. The van der Waals surface area contributed by atoms with E-state index in [2.05, 4.69) is 5.32 Å². The highest BCUT2D eigenvalue weighted by atomic mass is 16.2. The summed E-state index contributed by atoms with van der Waals surface area (Å²) in [4.78, 5) is 12.9. The van der Waals surface area contributed by atoms with E-state index >= 15 is 0 Å². The van der Waals surface area contributed by atoms with Gasteiger partial charge in [-0.25, -0.2) is 4.90 Å². The quantitative estimate of drug-likeness (QED) is 0.500. The Hall–Kier alpha value is -1.08. The number of carbonyl (C=O) groups is 1. The van der Waals surface area contributed by atoms with E-state index in [4.69, 9.17) is 5.26 Å². The third kappa shape index (κ3) is 0.833. The maximum absolute atomic E-state index is 11.6. The molecule has 0 aromatic carbocycles. The summed E-state index contributed by atoms with van der Waals surface area (Å²) in [5, 5.41) is 11.8. The number of nitrogens with one attached hydrogen (secondary N) is 1. The Balaban J connectivity index is 2.21. The zero-order valence-corrected chi connectivity index (χ0v) is 6.84. The summed E-state index contributed by atoms with van der Waals surface area (Å²) in [5.41, 5.74) is -0.226. The lowest BCUT2D eigenvalue weighted by molar-refractivity contribution is -0.132. The molecule has 4 nitrogen and oxygen atoms in total. The molecule has 0 bridgehead atoms. The fraction of sp³-hybridized carbons (Fsp3) is 0.750. The molecule has 1 N–H and O–H groups in total. The lowest BCUT2D eigenvalue weighted by Crippen LogP contribution is -2.33. The molecule has 4 heteroatoms. The SMILES string of the molecule is N#CN1CCC2(CCNC2)C1=O. The first kappa shape index (κ1) is 7.56. The average molecular weight is 165 g/mol. The van der Waals surface area contributed by atoms with Crippen LogP contribution in [0.3, 0.4) is 0 Å². The number of amides is 1. The molecule has 1 spiro atoms. The van der Waals surface area contributed by atoms with Crippen LogP contribution >= 0.6 is 0 Å². The van der Waals surface area contributed by atoms with Crippen LogP contribution < -0.4 is 5.32 Å². The van der Waals surface area contributed by atoms with Gasteiger partial charge < -0.3 is 5.32 Å². The fourth-order valence-corrected chi connectivity index (χ4v) is 2.06. The maximum atomic E-state index is 11.6. The van der Waals surface area contributed by atoms with Crippen molar-refractivity contribution in [3.05, 3.63) is 0 Å². The third-order valence-corrected chi connectivity index (χ3v) is 2.88. The first-order chi connectivity index (χ1) is 5.78. The van der Waals surface area contributed by atoms with Crippen molar-refractivity contribution in [1.29, 1.82) is 5.26 Å². The molecule has 2 fully saturated rings. The Bertz CT molecular complexity index is 250. The predicted octanol–water partition coefficient (Wildman–Crippen LogP) is -0.321. The molecule has 12 heavy (non-hydrogen) atoms. The molecular weight excluding hydrogens is 154 g/mol. The second-order valence-electron chi connectivity index (χ2n) is 3.51. The van der Waals surface area contributed by atoms with Crippen molar-refractivity contribution < 1.29 is 4.79 Å². The highest BCUT2D eigenvalue weighted by Gasteiger charge is 2.48. The summed E-state index contributed by atoms with van der Waals surface area (Å²) < 4.78 is 0. The van der Waals surface area contributed by atoms with Gasteiger partial charge in [0.1, 0.15) is 0 Å². The van der Waals surface area contributed by atoms with Crippen LogP contribution in [0.1, 0.15) is 12.8 Å². The zero-order chi connectivity index (χ0) is 8.60. The van der Waals surface area contributed by atoms with E-state index in [-0.39, 0.29) is 11.3 Å². The van der Waals surface area contributed by atoms with Crippen molar-refractivity contribution in [1.82, 2.24) is 10.2 Å². The van der Waals surface area contributed by atoms with E-state index in [1.807, 2.05) is 6.19 Å². The van der Waals surface area contributed by atoms with Crippen molar-refractivity contribution in [2.24, 2.45) is 5.41 Å². The molecule has 0 aliphatic carbocycles. The Morgan fingerprint density at radius 1 is 1.58 bits per heavy atom. The summed E-state index contributed by atoms with van der Waals surface area (Å²) in [5.74, 6) is 0.0231. The van der Waals surface area contributed by atoms with Gasteiger partial charge in [0.05, 0.1) is 5.41 Å². The molecule has 2 rings (SSSR count). The smallest absolute Gasteiger partial charge is 0.243 e. The van der Waals surface area contributed by atoms with Crippen LogP contribution in [-0.4, -0.2) is 30.4 Å². The van der Waals surface area contributed by atoms with Crippen LogP contribution in [0.15, 0.2) is 0 Å². The summed E-state index contributed by atoms with van der Waals surface area (Å²) >= 11 is 0. The van der Waals surface area contributed by atoms with Crippen molar-refractivity contribution in [3.63, 3.8) is 0 Å². The lowest BCUT2D eigenvalue weighted by atomic mass is 9.86. The summed E-state index contributed by atoms with van der Waals surface area (Å²) in [6.45, 7) is 2.27. The molecule has 0 aromatic heterocycles. The Morgan fingerprint density at radius 3 is 2.92 bits per heavy atom. The van der Waals surface area contributed by atoms with Gasteiger partial charge in [0.25, 0.3) is 0 Å². The van der Waals surface area contributed by atoms with E-state index in [1.54, 1.807) is 0 Å². The van der Waals surface area contributed by atoms with Crippen LogP contribution in [0.4, 0.5) is 0 Å². The van der Waals surface area contributed by atoms with Crippen molar-refractivity contribution in [2.45, 2.75) is 12.8 Å². The molecule has 64 valence electrons. The average Bonchev–Trinajstić information content (AvgIpc) is 2.65. The van der Waals surface area contributed by atoms with E-state index in [0.29, 0.717) is 6.54 Å². The molecule has 0 radical (unpaired) electrons. The Kier molecular flexibility index (Phi) is 1.55. The first-order valence-corrected chi connectivity index (χ1v) is 4.21. The summed E-state index contributed by atoms with van der Waals surface area (Å²) in [6, 6.07) is 0.